The Morgan fingerprint density at radius 2 is 1.28 bits per heavy atom. The van der Waals surface area contributed by atoms with E-state index in [2.05, 4.69) is 31.2 Å². The number of carboxylic acids is 1. The minimum atomic E-state index is -0.685. The SMILES string of the molecule is CCCC=CCCCCC=CCCCCC(=O)O. The third-order valence-electron chi connectivity index (χ3n) is 2.79. The Hall–Kier alpha value is -1.05. The van der Waals surface area contributed by atoms with Crippen LogP contribution in [0.25, 0.3) is 0 Å². The summed E-state index contributed by atoms with van der Waals surface area (Å²) >= 11 is 0. The highest BCUT2D eigenvalue weighted by Crippen LogP contribution is 2.05. The number of hydrogen-bond donors (Lipinski definition) is 1. The lowest BCUT2D eigenvalue weighted by atomic mass is 10.1. The van der Waals surface area contributed by atoms with Crippen molar-refractivity contribution in [1.29, 1.82) is 0 Å². The summed E-state index contributed by atoms with van der Waals surface area (Å²) in [5, 5.41) is 8.47. The molecule has 0 unspecified atom stereocenters. The van der Waals surface area contributed by atoms with Crippen molar-refractivity contribution in [3.05, 3.63) is 24.3 Å². The normalized spacial score (nSPS) is 11.6. The molecule has 0 aromatic rings. The van der Waals surface area contributed by atoms with Crippen LogP contribution in [-0.2, 0) is 4.79 Å². The number of carbonyl (C=O) groups is 1. The van der Waals surface area contributed by atoms with Crippen molar-refractivity contribution >= 4 is 5.97 Å². The minimum absolute atomic E-state index is 0.304. The van der Waals surface area contributed by atoms with Crippen molar-refractivity contribution in [3.63, 3.8) is 0 Å². The summed E-state index contributed by atoms with van der Waals surface area (Å²) < 4.78 is 0. The van der Waals surface area contributed by atoms with Crippen molar-refractivity contribution in [2.75, 3.05) is 0 Å². The van der Waals surface area contributed by atoms with E-state index in [-0.39, 0.29) is 0 Å². The van der Waals surface area contributed by atoms with E-state index in [1.54, 1.807) is 0 Å². The molecule has 0 aromatic carbocycles. The molecule has 1 N–H and O–H groups in total. The van der Waals surface area contributed by atoms with Crippen molar-refractivity contribution < 1.29 is 9.90 Å². The van der Waals surface area contributed by atoms with Gasteiger partial charge in [0, 0.05) is 6.42 Å². The fraction of sp³-hybridized carbons (Fsp3) is 0.688. The van der Waals surface area contributed by atoms with E-state index in [4.69, 9.17) is 5.11 Å². The van der Waals surface area contributed by atoms with Gasteiger partial charge in [0.1, 0.15) is 0 Å². The lowest BCUT2D eigenvalue weighted by Crippen LogP contribution is -1.92. The van der Waals surface area contributed by atoms with Crippen LogP contribution in [0, 0.1) is 0 Å². The Kier molecular flexibility index (Phi) is 13.2. The molecule has 0 fully saturated rings. The average Bonchev–Trinajstić information content (AvgIpc) is 2.34. The number of hydrogen-bond acceptors (Lipinski definition) is 1. The maximum absolute atomic E-state index is 10.3. The largest absolute Gasteiger partial charge is 0.481 e. The topological polar surface area (TPSA) is 37.3 Å². The molecule has 0 heterocycles. The van der Waals surface area contributed by atoms with Crippen molar-refractivity contribution in [3.8, 4) is 0 Å². The van der Waals surface area contributed by atoms with Gasteiger partial charge in [-0.05, 0) is 51.4 Å². The third kappa shape index (κ3) is 14.9. The Morgan fingerprint density at radius 1 is 0.833 bits per heavy atom. The van der Waals surface area contributed by atoms with E-state index >= 15 is 0 Å². The zero-order valence-electron chi connectivity index (χ0n) is 11.7. The maximum Gasteiger partial charge on any atom is 0.303 e. The average molecular weight is 252 g/mol. The zero-order valence-corrected chi connectivity index (χ0v) is 11.7. The number of aliphatic carboxylic acids is 1. The highest BCUT2D eigenvalue weighted by Gasteiger charge is 1.94. The van der Waals surface area contributed by atoms with E-state index in [0.717, 1.165) is 25.7 Å². The second-order valence-electron chi connectivity index (χ2n) is 4.66. The lowest BCUT2D eigenvalue weighted by Gasteiger charge is -1.95. The molecule has 0 radical (unpaired) electrons. The van der Waals surface area contributed by atoms with Gasteiger partial charge in [0.25, 0.3) is 0 Å². The van der Waals surface area contributed by atoms with E-state index in [0.29, 0.717) is 6.42 Å². The predicted octanol–water partition coefficient (Wildman–Crippen LogP) is 5.10. The second-order valence-corrected chi connectivity index (χ2v) is 4.66. The van der Waals surface area contributed by atoms with Gasteiger partial charge in [0.05, 0.1) is 0 Å². The molecule has 0 rings (SSSR count). The van der Waals surface area contributed by atoms with Gasteiger partial charge in [0.15, 0.2) is 0 Å². The number of carboxylic acid groups (broad SMARTS) is 1. The van der Waals surface area contributed by atoms with Crippen LogP contribution in [0.3, 0.4) is 0 Å². The van der Waals surface area contributed by atoms with Gasteiger partial charge < -0.3 is 5.11 Å². The van der Waals surface area contributed by atoms with Crippen molar-refractivity contribution in [1.82, 2.24) is 0 Å². The summed E-state index contributed by atoms with van der Waals surface area (Å²) in [4.78, 5) is 10.3. The second kappa shape index (κ2) is 14.0. The van der Waals surface area contributed by atoms with Gasteiger partial charge in [-0.25, -0.2) is 0 Å². The van der Waals surface area contributed by atoms with Crippen molar-refractivity contribution in [2.45, 2.75) is 71.1 Å². The van der Waals surface area contributed by atoms with Crippen LogP contribution in [-0.4, -0.2) is 11.1 Å². The molecule has 0 aliphatic carbocycles. The molecule has 0 aromatic heterocycles. The summed E-state index contributed by atoms with van der Waals surface area (Å²) in [5.41, 5.74) is 0. The molecule has 2 nitrogen and oxygen atoms in total. The fourth-order valence-electron chi connectivity index (χ4n) is 1.70. The summed E-state index contributed by atoms with van der Waals surface area (Å²) in [6.45, 7) is 2.20. The molecule has 0 atom stereocenters. The highest BCUT2D eigenvalue weighted by molar-refractivity contribution is 5.66. The number of rotatable bonds is 12. The first-order valence-corrected chi connectivity index (χ1v) is 7.29. The first-order chi connectivity index (χ1) is 8.77. The van der Waals surface area contributed by atoms with Gasteiger partial charge in [-0.1, -0.05) is 37.6 Å². The fourth-order valence-corrected chi connectivity index (χ4v) is 1.70. The molecule has 0 saturated carbocycles. The summed E-state index contributed by atoms with van der Waals surface area (Å²) in [5.74, 6) is -0.685. The van der Waals surface area contributed by atoms with Crippen LogP contribution in [0.1, 0.15) is 71.1 Å². The third-order valence-corrected chi connectivity index (χ3v) is 2.79. The summed E-state index contributed by atoms with van der Waals surface area (Å²) in [7, 11) is 0. The standard InChI is InChI=1S/C16H28O2/c1-2-3-4-5-6-7-8-9-10-11-12-13-14-15-16(17)18/h4-5,10-11H,2-3,6-9,12-15H2,1H3,(H,17,18). The molecule has 0 amide bonds. The lowest BCUT2D eigenvalue weighted by molar-refractivity contribution is -0.137. The van der Waals surface area contributed by atoms with E-state index < -0.39 is 5.97 Å². The number of unbranched alkanes of at least 4 members (excludes halogenated alkanes) is 6. The summed E-state index contributed by atoms with van der Waals surface area (Å²) in [6, 6.07) is 0. The quantitative estimate of drug-likeness (QED) is 0.387. The smallest absolute Gasteiger partial charge is 0.303 e. The Morgan fingerprint density at radius 3 is 1.72 bits per heavy atom. The van der Waals surface area contributed by atoms with Gasteiger partial charge in [0.2, 0.25) is 0 Å². The molecule has 0 spiro atoms. The molecule has 104 valence electrons. The highest BCUT2D eigenvalue weighted by atomic mass is 16.4. The van der Waals surface area contributed by atoms with Gasteiger partial charge >= 0.3 is 5.97 Å². The Labute approximate surface area is 112 Å². The van der Waals surface area contributed by atoms with Crippen LogP contribution >= 0.6 is 0 Å². The van der Waals surface area contributed by atoms with Gasteiger partial charge in [-0.2, -0.15) is 0 Å². The predicted molar refractivity (Wildman–Crippen MR) is 77.8 cm³/mol. The molecule has 0 bridgehead atoms. The Bertz CT molecular complexity index is 241. The first kappa shape index (κ1) is 16.9. The van der Waals surface area contributed by atoms with E-state index in [1.807, 2.05) is 0 Å². The minimum Gasteiger partial charge on any atom is -0.481 e. The number of allylic oxidation sites excluding steroid dienone is 4. The summed E-state index contributed by atoms with van der Waals surface area (Å²) in [6.07, 6.45) is 19.4. The monoisotopic (exact) mass is 252 g/mol. The van der Waals surface area contributed by atoms with E-state index in [9.17, 15) is 4.79 Å². The van der Waals surface area contributed by atoms with Crippen LogP contribution < -0.4 is 0 Å². The molecule has 0 aliphatic heterocycles. The first-order valence-electron chi connectivity index (χ1n) is 7.29. The van der Waals surface area contributed by atoms with E-state index in [1.165, 1.54) is 32.1 Å². The van der Waals surface area contributed by atoms with Gasteiger partial charge in [-0.3, -0.25) is 4.79 Å². The van der Waals surface area contributed by atoms with Crippen LogP contribution in [0.15, 0.2) is 24.3 Å². The molecule has 2 heteroatoms. The Balaban J connectivity index is 3.16. The molecular weight excluding hydrogens is 224 g/mol. The van der Waals surface area contributed by atoms with Crippen LogP contribution in [0.2, 0.25) is 0 Å². The van der Waals surface area contributed by atoms with Crippen molar-refractivity contribution in [2.24, 2.45) is 0 Å². The zero-order chi connectivity index (χ0) is 13.5. The molecule has 18 heavy (non-hydrogen) atoms. The maximum atomic E-state index is 10.3. The molecule has 0 saturated heterocycles. The van der Waals surface area contributed by atoms with Gasteiger partial charge in [-0.15, -0.1) is 0 Å². The van der Waals surface area contributed by atoms with Crippen LogP contribution in [0.5, 0.6) is 0 Å². The molecular formula is C16H28O2. The molecule has 0 aliphatic rings. The van der Waals surface area contributed by atoms with Crippen LogP contribution in [0.4, 0.5) is 0 Å².